The maximum atomic E-state index is 7.97. The van der Waals surface area contributed by atoms with Gasteiger partial charge in [0, 0.05) is 54.6 Å². The Kier molecular flexibility index (Phi) is 7.00. The highest BCUT2D eigenvalue weighted by molar-refractivity contribution is 5.77. The summed E-state index contributed by atoms with van der Waals surface area (Å²) in [5.41, 5.74) is 9.76. The van der Waals surface area contributed by atoms with Gasteiger partial charge in [0.05, 0.1) is 6.57 Å². The molecular weight excluding hydrogens is 530 g/mol. The van der Waals surface area contributed by atoms with Crippen molar-refractivity contribution in [3.8, 4) is 22.6 Å². The molecule has 0 aliphatic carbocycles. The smallest absolute Gasteiger partial charge is 0.196 e. The number of ether oxygens (including phenoxy) is 1. The van der Waals surface area contributed by atoms with Crippen molar-refractivity contribution < 1.29 is 4.74 Å². The minimum Gasteiger partial charge on any atom is -0.459 e. The van der Waals surface area contributed by atoms with Crippen LogP contribution in [0.1, 0.15) is 35.1 Å². The molecule has 0 bridgehead atoms. The van der Waals surface area contributed by atoms with E-state index in [1.807, 2.05) is 36.7 Å². The van der Waals surface area contributed by atoms with E-state index < -0.39 is 0 Å². The number of hydrogen-bond acceptors (Lipinski definition) is 5. The lowest BCUT2D eigenvalue weighted by Gasteiger charge is -2.32. The van der Waals surface area contributed by atoms with Crippen LogP contribution in [0.2, 0.25) is 0 Å². The summed E-state index contributed by atoms with van der Waals surface area (Å²) in [5.74, 6) is 3.25. The number of fused-ring (bicyclic) bond motifs is 2. The quantitative estimate of drug-likeness (QED) is 0.199. The SMILES string of the molecule is [C-]#[N+]c1cc(Oc2ccc3c(c2)N(c2cc(C)ccn2)CCC3)cc2c1CCCN2c1cc(C)c(-c2ccccc2)cn1. The van der Waals surface area contributed by atoms with Gasteiger partial charge in [0.2, 0.25) is 0 Å². The molecule has 7 rings (SSSR count). The first-order valence-electron chi connectivity index (χ1n) is 14.9. The van der Waals surface area contributed by atoms with E-state index in [4.69, 9.17) is 16.3 Å². The third kappa shape index (κ3) is 5.19. The van der Waals surface area contributed by atoms with E-state index in [2.05, 4.69) is 88.1 Å². The highest BCUT2D eigenvalue weighted by Gasteiger charge is 2.25. The van der Waals surface area contributed by atoms with Gasteiger partial charge in [0.15, 0.2) is 5.69 Å². The Morgan fingerprint density at radius 2 is 1.53 bits per heavy atom. The molecule has 0 N–H and O–H groups in total. The molecule has 2 aliphatic heterocycles. The molecular formula is C37H33N5O. The van der Waals surface area contributed by atoms with Gasteiger partial charge < -0.3 is 14.5 Å². The number of nitrogens with zero attached hydrogens (tertiary/aromatic N) is 5. The largest absolute Gasteiger partial charge is 0.459 e. The van der Waals surface area contributed by atoms with E-state index in [9.17, 15) is 0 Å². The number of aryl methyl sites for hydroxylation is 3. The number of benzene rings is 3. The van der Waals surface area contributed by atoms with Gasteiger partial charge >= 0.3 is 0 Å². The van der Waals surface area contributed by atoms with Crippen molar-refractivity contribution in [1.29, 1.82) is 0 Å². The minimum atomic E-state index is 0.637. The van der Waals surface area contributed by atoms with Crippen LogP contribution in [-0.2, 0) is 12.8 Å². The van der Waals surface area contributed by atoms with Gasteiger partial charge in [-0.3, -0.25) is 0 Å². The molecule has 0 atom stereocenters. The summed E-state index contributed by atoms with van der Waals surface area (Å²) in [5, 5.41) is 0. The molecule has 0 amide bonds. The van der Waals surface area contributed by atoms with Crippen LogP contribution in [0.25, 0.3) is 16.0 Å². The lowest BCUT2D eigenvalue weighted by Crippen LogP contribution is -2.25. The van der Waals surface area contributed by atoms with E-state index in [1.54, 1.807) is 0 Å². The summed E-state index contributed by atoms with van der Waals surface area (Å²) < 4.78 is 6.51. The fraction of sp³-hybridized carbons (Fsp3) is 0.216. The standard InChI is InChI=1S/C37H33N5O/c1-25-15-16-39-36(19-25)41-17-7-11-28-13-14-29(22-34(28)41)43-30-21-33(38-3)31-12-8-18-42(35(31)23-30)37-20-26(2)32(24-40-37)27-9-5-4-6-10-27/h4-6,9-10,13-16,19-24H,7-8,11-12,17-18H2,1-2H3. The van der Waals surface area contributed by atoms with Gasteiger partial charge in [0.1, 0.15) is 23.1 Å². The average Bonchev–Trinajstić information content (AvgIpc) is 3.04. The second kappa shape index (κ2) is 11.3. The van der Waals surface area contributed by atoms with Crippen LogP contribution in [0.4, 0.5) is 28.7 Å². The lowest BCUT2D eigenvalue weighted by atomic mass is 9.98. The summed E-state index contributed by atoms with van der Waals surface area (Å²) >= 11 is 0. The minimum absolute atomic E-state index is 0.637. The molecule has 0 radical (unpaired) electrons. The molecule has 0 saturated heterocycles. The summed E-state index contributed by atoms with van der Waals surface area (Å²) in [4.78, 5) is 18.0. The number of aromatic nitrogens is 2. The van der Waals surface area contributed by atoms with E-state index in [1.165, 1.54) is 16.7 Å². The molecule has 5 aromatic rings. The molecule has 2 aromatic heterocycles. The molecule has 0 spiro atoms. The number of anilines is 4. The first-order valence-corrected chi connectivity index (χ1v) is 14.9. The van der Waals surface area contributed by atoms with Crippen LogP contribution in [-0.4, -0.2) is 23.1 Å². The normalized spacial score (nSPS) is 14.1. The van der Waals surface area contributed by atoms with Crippen molar-refractivity contribution in [2.75, 3.05) is 22.9 Å². The van der Waals surface area contributed by atoms with Gasteiger partial charge in [0.25, 0.3) is 0 Å². The maximum Gasteiger partial charge on any atom is 0.196 e. The molecule has 6 nitrogen and oxygen atoms in total. The second-order valence-electron chi connectivity index (χ2n) is 11.4. The Labute approximate surface area is 253 Å². The van der Waals surface area contributed by atoms with Crippen LogP contribution in [0.3, 0.4) is 0 Å². The number of pyridine rings is 2. The Balaban J connectivity index is 1.23. The molecule has 0 saturated carbocycles. The average molecular weight is 564 g/mol. The number of rotatable bonds is 5. The monoisotopic (exact) mass is 563 g/mol. The fourth-order valence-corrected chi connectivity index (χ4v) is 6.31. The molecule has 6 heteroatoms. The third-order valence-electron chi connectivity index (χ3n) is 8.44. The highest BCUT2D eigenvalue weighted by atomic mass is 16.5. The molecule has 0 fully saturated rings. The molecule has 3 aromatic carbocycles. The summed E-state index contributed by atoms with van der Waals surface area (Å²) in [6.07, 6.45) is 7.77. The van der Waals surface area contributed by atoms with E-state index >= 15 is 0 Å². The predicted molar refractivity (Wildman–Crippen MR) is 173 cm³/mol. The van der Waals surface area contributed by atoms with Crippen LogP contribution in [0.5, 0.6) is 11.5 Å². The Morgan fingerprint density at radius 1 is 0.767 bits per heavy atom. The summed E-state index contributed by atoms with van der Waals surface area (Å²) in [7, 11) is 0. The molecule has 0 unspecified atom stereocenters. The number of hydrogen-bond donors (Lipinski definition) is 0. The Hall–Kier alpha value is -5.15. The first-order chi connectivity index (χ1) is 21.1. The van der Waals surface area contributed by atoms with Gasteiger partial charge in [-0.2, -0.15) is 0 Å². The van der Waals surface area contributed by atoms with Gasteiger partial charge in [-0.25, -0.2) is 14.8 Å². The molecule has 2 aliphatic rings. The van der Waals surface area contributed by atoms with Crippen LogP contribution in [0, 0.1) is 20.4 Å². The fourth-order valence-electron chi connectivity index (χ4n) is 6.31. The van der Waals surface area contributed by atoms with Crippen LogP contribution < -0.4 is 14.5 Å². The first kappa shape index (κ1) is 26.7. The van der Waals surface area contributed by atoms with E-state index in [0.717, 1.165) is 84.2 Å². The summed E-state index contributed by atoms with van der Waals surface area (Å²) in [6, 6.07) is 26.9. The zero-order valence-electron chi connectivity index (χ0n) is 24.5. The van der Waals surface area contributed by atoms with E-state index in [0.29, 0.717) is 11.4 Å². The van der Waals surface area contributed by atoms with Crippen molar-refractivity contribution in [2.45, 2.75) is 39.5 Å². The molecule has 212 valence electrons. The Morgan fingerprint density at radius 3 is 2.33 bits per heavy atom. The predicted octanol–water partition coefficient (Wildman–Crippen LogP) is 9.27. The Bertz CT molecular complexity index is 1860. The van der Waals surface area contributed by atoms with Crippen LogP contribution >= 0.6 is 0 Å². The molecule has 4 heterocycles. The van der Waals surface area contributed by atoms with Crippen LogP contribution in [0.15, 0.2) is 91.3 Å². The van der Waals surface area contributed by atoms with Gasteiger partial charge in [-0.05, 0) is 97.7 Å². The zero-order valence-corrected chi connectivity index (χ0v) is 24.5. The van der Waals surface area contributed by atoms with Crippen molar-refractivity contribution in [2.24, 2.45) is 0 Å². The summed E-state index contributed by atoms with van der Waals surface area (Å²) in [6.45, 7) is 14.0. The third-order valence-corrected chi connectivity index (χ3v) is 8.44. The topological polar surface area (TPSA) is 45.9 Å². The highest BCUT2D eigenvalue weighted by Crippen LogP contribution is 2.44. The molecule has 43 heavy (non-hydrogen) atoms. The zero-order chi connectivity index (χ0) is 29.3. The van der Waals surface area contributed by atoms with Gasteiger partial charge in [-0.1, -0.05) is 36.4 Å². The van der Waals surface area contributed by atoms with Crippen molar-refractivity contribution in [1.82, 2.24) is 9.97 Å². The second-order valence-corrected chi connectivity index (χ2v) is 11.4. The maximum absolute atomic E-state index is 7.97. The lowest BCUT2D eigenvalue weighted by molar-refractivity contribution is 0.482. The van der Waals surface area contributed by atoms with Crippen molar-refractivity contribution >= 4 is 28.7 Å². The van der Waals surface area contributed by atoms with Crippen molar-refractivity contribution in [3.05, 3.63) is 125 Å². The van der Waals surface area contributed by atoms with E-state index in [-0.39, 0.29) is 0 Å². The van der Waals surface area contributed by atoms with Crippen molar-refractivity contribution in [3.63, 3.8) is 0 Å². The van der Waals surface area contributed by atoms with Gasteiger partial charge in [-0.15, -0.1) is 0 Å².